The van der Waals surface area contributed by atoms with Gasteiger partial charge in [0.25, 0.3) is 0 Å². The third kappa shape index (κ3) is 3.25. The minimum Gasteiger partial charge on any atom is -0.463 e. The fraction of sp³-hybridized carbons (Fsp3) is 0.364. The van der Waals surface area contributed by atoms with E-state index in [1.807, 2.05) is 13.0 Å². The van der Waals surface area contributed by atoms with Crippen molar-refractivity contribution >= 4 is 5.97 Å². The van der Waals surface area contributed by atoms with Crippen molar-refractivity contribution in [1.29, 1.82) is 0 Å². The molecule has 1 rings (SSSR count). The third-order valence-electron chi connectivity index (χ3n) is 1.75. The van der Waals surface area contributed by atoms with E-state index in [2.05, 4.69) is 0 Å². The molecule has 82 valence electrons. The van der Waals surface area contributed by atoms with Gasteiger partial charge in [0, 0.05) is 14.0 Å². The summed E-state index contributed by atoms with van der Waals surface area (Å²) in [7, 11) is 1.53. The quantitative estimate of drug-likeness (QED) is 0.432. The van der Waals surface area contributed by atoms with Crippen molar-refractivity contribution in [2.75, 3.05) is 13.9 Å². The monoisotopic (exact) mass is 210 g/mol. The molecule has 1 aromatic rings. The second-order valence-electron chi connectivity index (χ2n) is 3.05. The first-order valence-electron chi connectivity index (χ1n) is 4.55. The lowest BCUT2D eigenvalue weighted by molar-refractivity contribution is -0.132. The predicted octanol–water partition coefficient (Wildman–Crippen LogP) is 1.90. The summed E-state index contributed by atoms with van der Waals surface area (Å²) in [4.78, 5) is 10.8. The van der Waals surface area contributed by atoms with E-state index in [0.717, 1.165) is 5.56 Å². The summed E-state index contributed by atoms with van der Waals surface area (Å²) < 4.78 is 15.1. The van der Waals surface area contributed by atoms with Crippen LogP contribution in [-0.4, -0.2) is 19.9 Å². The average Bonchev–Trinajstić information content (AvgIpc) is 2.16. The Kier molecular flexibility index (Phi) is 4.12. The summed E-state index contributed by atoms with van der Waals surface area (Å²) in [6.07, 6.45) is 0. The molecular weight excluding hydrogens is 196 g/mol. The predicted molar refractivity (Wildman–Crippen MR) is 55.0 cm³/mol. The second-order valence-corrected chi connectivity index (χ2v) is 3.05. The normalized spacial score (nSPS) is 9.80. The fourth-order valence-electron chi connectivity index (χ4n) is 1.16. The minimum absolute atomic E-state index is 0.124. The van der Waals surface area contributed by atoms with Gasteiger partial charge in [-0.05, 0) is 18.6 Å². The van der Waals surface area contributed by atoms with Crippen LogP contribution < -0.4 is 9.47 Å². The molecule has 0 aliphatic rings. The molecule has 0 bridgehead atoms. The largest absolute Gasteiger partial charge is 0.463 e. The number of hydrogen-bond donors (Lipinski definition) is 0. The maximum absolute atomic E-state index is 10.8. The highest BCUT2D eigenvalue weighted by molar-refractivity contribution is 5.70. The molecule has 1 aromatic carbocycles. The highest BCUT2D eigenvalue weighted by atomic mass is 16.7. The van der Waals surface area contributed by atoms with Crippen molar-refractivity contribution in [1.82, 2.24) is 0 Å². The third-order valence-corrected chi connectivity index (χ3v) is 1.75. The Morgan fingerprint density at radius 2 is 2.13 bits per heavy atom. The summed E-state index contributed by atoms with van der Waals surface area (Å²) in [5.41, 5.74) is 0.894. The number of carbonyl (C=O) groups is 1. The van der Waals surface area contributed by atoms with Gasteiger partial charge < -0.3 is 14.2 Å². The van der Waals surface area contributed by atoms with Crippen molar-refractivity contribution < 1.29 is 19.0 Å². The molecule has 15 heavy (non-hydrogen) atoms. The maximum atomic E-state index is 10.8. The van der Waals surface area contributed by atoms with E-state index in [1.165, 1.54) is 14.0 Å². The average molecular weight is 210 g/mol. The Morgan fingerprint density at radius 1 is 1.40 bits per heavy atom. The standard InChI is InChI=1S/C11H14O4/c1-8-5-4-6-10(15-9(2)12)11(8)14-7-13-3/h4-6H,7H2,1-3H3. The molecule has 0 spiro atoms. The molecule has 0 aliphatic heterocycles. The van der Waals surface area contributed by atoms with Crippen molar-refractivity contribution in [2.24, 2.45) is 0 Å². The molecule has 0 atom stereocenters. The Morgan fingerprint density at radius 3 is 2.73 bits per heavy atom. The van der Waals surface area contributed by atoms with Gasteiger partial charge in [-0.25, -0.2) is 0 Å². The van der Waals surface area contributed by atoms with E-state index >= 15 is 0 Å². The number of esters is 1. The van der Waals surface area contributed by atoms with Crippen LogP contribution in [0.3, 0.4) is 0 Å². The molecule has 0 saturated heterocycles. The lowest BCUT2D eigenvalue weighted by Crippen LogP contribution is -2.06. The van der Waals surface area contributed by atoms with E-state index in [0.29, 0.717) is 11.5 Å². The number of rotatable bonds is 4. The number of benzene rings is 1. The van der Waals surface area contributed by atoms with Gasteiger partial charge in [-0.15, -0.1) is 0 Å². The molecule has 0 saturated carbocycles. The zero-order valence-corrected chi connectivity index (χ0v) is 9.07. The Bertz CT molecular complexity index is 346. The molecule has 0 unspecified atom stereocenters. The summed E-state index contributed by atoms with van der Waals surface area (Å²) >= 11 is 0. The van der Waals surface area contributed by atoms with Gasteiger partial charge in [-0.3, -0.25) is 4.79 Å². The molecule has 0 amide bonds. The van der Waals surface area contributed by atoms with E-state index in [1.54, 1.807) is 12.1 Å². The molecule has 0 aromatic heterocycles. The SMILES string of the molecule is COCOc1c(C)cccc1OC(C)=O. The molecule has 0 heterocycles. The topological polar surface area (TPSA) is 44.8 Å². The van der Waals surface area contributed by atoms with Gasteiger partial charge in [-0.1, -0.05) is 12.1 Å². The van der Waals surface area contributed by atoms with Crippen molar-refractivity contribution in [3.63, 3.8) is 0 Å². The van der Waals surface area contributed by atoms with E-state index in [-0.39, 0.29) is 12.8 Å². The number of para-hydroxylation sites is 1. The van der Waals surface area contributed by atoms with Crippen LogP contribution in [0.15, 0.2) is 18.2 Å². The highest BCUT2D eigenvalue weighted by Crippen LogP contribution is 2.30. The van der Waals surface area contributed by atoms with Crippen LogP contribution in [0.25, 0.3) is 0 Å². The van der Waals surface area contributed by atoms with Gasteiger partial charge in [0.2, 0.25) is 0 Å². The number of aryl methyl sites for hydroxylation is 1. The number of methoxy groups -OCH3 is 1. The first-order chi connectivity index (χ1) is 7.15. The first kappa shape index (κ1) is 11.5. The molecule has 4 nitrogen and oxygen atoms in total. The van der Waals surface area contributed by atoms with Gasteiger partial charge in [0.05, 0.1) is 0 Å². The molecule has 0 radical (unpaired) electrons. The lowest BCUT2D eigenvalue weighted by Gasteiger charge is -2.12. The van der Waals surface area contributed by atoms with E-state index < -0.39 is 0 Å². The Labute approximate surface area is 88.8 Å². The minimum atomic E-state index is -0.372. The summed E-state index contributed by atoms with van der Waals surface area (Å²) in [5, 5.41) is 0. The maximum Gasteiger partial charge on any atom is 0.308 e. The Hall–Kier alpha value is -1.55. The van der Waals surface area contributed by atoms with Crippen LogP contribution in [0.4, 0.5) is 0 Å². The number of carbonyl (C=O) groups excluding carboxylic acids is 1. The second kappa shape index (κ2) is 5.36. The summed E-state index contributed by atoms with van der Waals surface area (Å²) in [6.45, 7) is 3.35. The van der Waals surface area contributed by atoms with Crippen LogP contribution in [-0.2, 0) is 9.53 Å². The fourth-order valence-corrected chi connectivity index (χ4v) is 1.16. The Balaban J connectivity index is 2.92. The van der Waals surface area contributed by atoms with Gasteiger partial charge in [-0.2, -0.15) is 0 Å². The molecule has 0 N–H and O–H groups in total. The summed E-state index contributed by atoms with van der Waals surface area (Å²) in [6, 6.07) is 5.35. The van der Waals surface area contributed by atoms with Crippen molar-refractivity contribution in [3.05, 3.63) is 23.8 Å². The van der Waals surface area contributed by atoms with Crippen LogP contribution in [0.2, 0.25) is 0 Å². The van der Waals surface area contributed by atoms with Crippen LogP contribution in [0.5, 0.6) is 11.5 Å². The van der Waals surface area contributed by atoms with Gasteiger partial charge in [0.1, 0.15) is 0 Å². The van der Waals surface area contributed by atoms with Crippen LogP contribution >= 0.6 is 0 Å². The van der Waals surface area contributed by atoms with Crippen molar-refractivity contribution in [3.8, 4) is 11.5 Å². The zero-order valence-electron chi connectivity index (χ0n) is 9.07. The van der Waals surface area contributed by atoms with Crippen LogP contribution in [0, 0.1) is 6.92 Å². The first-order valence-corrected chi connectivity index (χ1v) is 4.55. The zero-order chi connectivity index (χ0) is 11.3. The summed E-state index contributed by atoms with van der Waals surface area (Å²) in [5.74, 6) is 0.581. The molecule has 4 heteroatoms. The van der Waals surface area contributed by atoms with E-state index in [4.69, 9.17) is 14.2 Å². The van der Waals surface area contributed by atoms with Crippen LogP contribution in [0.1, 0.15) is 12.5 Å². The number of ether oxygens (including phenoxy) is 3. The molecular formula is C11H14O4. The lowest BCUT2D eigenvalue weighted by atomic mass is 10.2. The smallest absolute Gasteiger partial charge is 0.308 e. The molecule has 0 aliphatic carbocycles. The highest BCUT2D eigenvalue weighted by Gasteiger charge is 2.09. The van der Waals surface area contributed by atoms with Gasteiger partial charge in [0.15, 0.2) is 18.3 Å². The molecule has 0 fully saturated rings. The van der Waals surface area contributed by atoms with E-state index in [9.17, 15) is 4.79 Å². The van der Waals surface area contributed by atoms with Crippen molar-refractivity contribution in [2.45, 2.75) is 13.8 Å². The van der Waals surface area contributed by atoms with Gasteiger partial charge >= 0.3 is 5.97 Å². The number of hydrogen-bond acceptors (Lipinski definition) is 4.